The van der Waals surface area contributed by atoms with Gasteiger partial charge in [-0.05, 0) is 70.1 Å². The van der Waals surface area contributed by atoms with Gasteiger partial charge in [0.1, 0.15) is 5.75 Å². The molecule has 1 saturated carbocycles. The zero-order chi connectivity index (χ0) is 18.2. The van der Waals surface area contributed by atoms with E-state index in [2.05, 4.69) is 0 Å². The van der Waals surface area contributed by atoms with Crippen LogP contribution in [0.4, 0.5) is 0 Å². The third-order valence-electron chi connectivity index (χ3n) is 5.59. The summed E-state index contributed by atoms with van der Waals surface area (Å²) in [6.45, 7) is 8.69. The van der Waals surface area contributed by atoms with Gasteiger partial charge in [-0.15, -0.1) is 0 Å². The molecule has 1 aliphatic carbocycles. The fourth-order valence-electron chi connectivity index (χ4n) is 2.93. The van der Waals surface area contributed by atoms with Gasteiger partial charge in [-0.3, -0.25) is 0 Å². The highest BCUT2D eigenvalue weighted by molar-refractivity contribution is 6.62. The molecule has 136 valence electrons. The molecule has 0 atom stereocenters. The summed E-state index contributed by atoms with van der Waals surface area (Å²) >= 11 is 0. The first-order valence-electron chi connectivity index (χ1n) is 8.93. The van der Waals surface area contributed by atoms with Gasteiger partial charge in [-0.25, -0.2) is 4.79 Å². The van der Waals surface area contributed by atoms with Crippen LogP contribution in [0, 0.1) is 5.92 Å². The number of rotatable bonds is 5. The van der Waals surface area contributed by atoms with Crippen LogP contribution in [0.5, 0.6) is 5.75 Å². The molecule has 0 aromatic heterocycles. The average Bonchev–Trinajstić information content (AvgIpc) is 2.73. The third kappa shape index (κ3) is 3.70. The van der Waals surface area contributed by atoms with Crippen molar-refractivity contribution in [2.75, 3.05) is 13.7 Å². The molecule has 0 amide bonds. The maximum atomic E-state index is 12.0. The number of carbonyl (C=O) groups excluding carboxylic acids is 1. The Morgan fingerprint density at radius 3 is 2.32 bits per heavy atom. The van der Waals surface area contributed by atoms with Crippen molar-refractivity contribution < 1.29 is 23.6 Å². The molecule has 1 heterocycles. The van der Waals surface area contributed by atoms with E-state index in [0.717, 1.165) is 5.46 Å². The molecule has 2 fully saturated rings. The van der Waals surface area contributed by atoms with Crippen LogP contribution < -0.4 is 10.2 Å². The molecule has 0 N–H and O–H groups in total. The summed E-state index contributed by atoms with van der Waals surface area (Å²) in [5.74, 6) is 0.869. The van der Waals surface area contributed by atoms with Crippen molar-refractivity contribution in [2.24, 2.45) is 5.92 Å². The van der Waals surface area contributed by atoms with Gasteiger partial charge in [-0.1, -0.05) is 6.42 Å². The van der Waals surface area contributed by atoms with Gasteiger partial charge in [0, 0.05) is 0 Å². The molecule has 1 aliphatic heterocycles. The molecule has 3 rings (SSSR count). The lowest BCUT2D eigenvalue weighted by Gasteiger charge is -2.32. The van der Waals surface area contributed by atoms with E-state index in [9.17, 15) is 4.79 Å². The highest BCUT2D eigenvalue weighted by atomic mass is 16.7. The maximum absolute atomic E-state index is 12.0. The van der Waals surface area contributed by atoms with Crippen molar-refractivity contribution in [2.45, 2.75) is 58.2 Å². The summed E-state index contributed by atoms with van der Waals surface area (Å²) in [5, 5.41) is 0. The molecule has 0 radical (unpaired) electrons. The molecule has 0 unspecified atom stereocenters. The first-order chi connectivity index (χ1) is 11.7. The molecule has 1 aromatic rings. The second-order valence-electron chi connectivity index (χ2n) is 7.98. The van der Waals surface area contributed by atoms with E-state index in [1.165, 1.54) is 26.4 Å². The first kappa shape index (κ1) is 18.3. The SMILES string of the molecule is COC(=O)c1cc(OCC2CCC2)cc(B2OC(C)(C)C(C)(C)O2)c1. The van der Waals surface area contributed by atoms with Crippen molar-refractivity contribution in [1.82, 2.24) is 0 Å². The van der Waals surface area contributed by atoms with Crippen LogP contribution in [0.3, 0.4) is 0 Å². The van der Waals surface area contributed by atoms with Crippen molar-refractivity contribution in [3.8, 4) is 5.75 Å². The van der Waals surface area contributed by atoms with Crippen LogP contribution in [0.2, 0.25) is 0 Å². The van der Waals surface area contributed by atoms with E-state index in [1.54, 1.807) is 12.1 Å². The number of ether oxygens (including phenoxy) is 2. The Morgan fingerprint density at radius 1 is 1.16 bits per heavy atom. The van der Waals surface area contributed by atoms with Crippen LogP contribution in [-0.4, -0.2) is 38.0 Å². The second kappa shape index (κ2) is 6.65. The fourth-order valence-corrected chi connectivity index (χ4v) is 2.93. The highest BCUT2D eigenvalue weighted by Gasteiger charge is 2.51. The van der Waals surface area contributed by atoms with Crippen molar-refractivity contribution in [1.29, 1.82) is 0 Å². The summed E-state index contributed by atoms with van der Waals surface area (Å²) in [6, 6.07) is 5.37. The van der Waals surface area contributed by atoms with E-state index in [4.69, 9.17) is 18.8 Å². The number of esters is 1. The normalized spacial score (nSPS) is 21.7. The maximum Gasteiger partial charge on any atom is 0.494 e. The van der Waals surface area contributed by atoms with Crippen molar-refractivity contribution >= 4 is 18.6 Å². The van der Waals surface area contributed by atoms with Gasteiger partial charge < -0.3 is 18.8 Å². The summed E-state index contributed by atoms with van der Waals surface area (Å²) in [4.78, 5) is 12.0. The molecule has 1 aromatic carbocycles. The number of hydrogen-bond donors (Lipinski definition) is 0. The average molecular weight is 346 g/mol. The molecule has 2 aliphatic rings. The number of carbonyl (C=O) groups is 1. The number of benzene rings is 1. The van der Waals surface area contributed by atoms with Gasteiger partial charge in [0.25, 0.3) is 0 Å². The van der Waals surface area contributed by atoms with Crippen LogP contribution in [0.15, 0.2) is 18.2 Å². The Hall–Kier alpha value is -1.53. The van der Waals surface area contributed by atoms with Crippen LogP contribution in [0.25, 0.3) is 0 Å². The molecule has 5 nitrogen and oxygen atoms in total. The van der Waals surface area contributed by atoms with Crippen molar-refractivity contribution in [3.05, 3.63) is 23.8 Å². The lowest BCUT2D eigenvalue weighted by Crippen LogP contribution is -2.41. The van der Waals surface area contributed by atoms with Crippen LogP contribution in [-0.2, 0) is 14.0 Å². The number of methoxy groups -OCH3 is 1. The van der Waals surface area contributed by atoms with Gasteiger partial charge in [0.15, 0.2) is 0 Å². The minimum atomic E-state index is -0.541. The minimum absolute atomic E-state index is 0.396. The van der Waals surface area contributed by atoms with Crippen LogP contribution >= 0.6 is 0 Å². The topological polar surface area (TPSA) is 54.0 Å². The Morgan fingerprint density at radius 2 is 1.80 bits per heavy atom. The smallest absolute Gasteiger partial charge is 0.493 e. The zero-order valence-corrected chi connectivity index (χ0v) is 15.8. The lowest BCUT2D eigenvalue weighted by molar-refractivity contribution is 0.00578. The molecular weight excluding hydrogens is 319 g/mol. The molecule has 6 heteroatoms. The minimum Gasteiger partial charge on any atom is -0.493 e. The molecule has 1 saturated heterocycles. The second-order valence-corrected chi connectivity index (χ2v) is 7.98. The first-order valence-corrected chi connectivity index (χ1v) is 8.93. The predicted octanol–water partition coefficient (Wildman–Crippen LogP) is 2.95. The Labute approximate surface area is 150 Å². The molecule has 0 bridgehead atoms. The van der Waals surface area contributed by atoms with E-state index < -0.39 is 24.3 Å². The summed E-state index contributed by atoms with van der Waals surface area (Å²) in [5.41, 5.74) is 0.334. The Kier molecular flexibility index (Phi) is 4.86. The van der Waals surface area contributed by atoms with Gasteiger partial charge in [-0.2, -0.15) is 0 Å². The largest absolute Gasteiger partial charge is 0.494 e. The molecular formula is C19H27BO5. The van der Waals surface area contributed by atoms with E-state index in [0.29, 0.717) is 23.8 Å². The Bertz CT molecular complexity index is 635. The highest BCUT2D eigenvalue weighted by Crippen LogP contribution is 2.37. The zero-order valence-electron chi connectivity index (χ0n) is 15.8. The Balaban J connectivity index is 1.85. The summed E-state index contributed by atoms with van der Waals surface area (Å²) in [6.07, 6.45) is 3.69. The summed E-state index contributed by atoms with van der Waals surface area (Å²) < 4.78 is 23.0. The van der Waals surface area contributed by atoms with E-state index in [1.807, 2.05) is 33.8 Å². The molecule has 25 heavy (non-hydrogen) atoms. The van der Waals surface area contributed by atoms with Crippen molar-refractivity contribution in [3.63, 3.8) is 0 Å². The summed E-state index contributed by atoms with van der Waals surface area (Å²) in [7, 11) is 0.833. The van der Waals surface area contributed by atoms with Gasteiger partial charge in [0.2, 0.25) is 0 Å². The predicted molar refractivity (Wildman–Crippen MR) is 96.3 cm³/mol. The monoisotopic (exact) mass is 346 g/mol. The molecule has 0 spiro atoms. The number of hydrogen-bond acceptors (Lipinski definition) is 5. The third-order valence-corrected chi connectivity index (χ3v) is 5.59. The van der Waals surface area contributed by atoms with E-state index in [-0.39, 0.29) is 0 Å². The quantitative estimate of drug-likeness (QED) is 0.606. The van der Waals surface area contributed by atoms with Gasteiger partial charge in [0.05, 0.1) is 30.5 Å². The lowest BCUT2D eigenvalue weighted by atomic mass is 9.78. The van der Waals surface area contributed by atoms with E-state index >= 15 is 0 Å². The van der Waals surface area contributed by atoms with Crippen LogP contribution in [0.1, 0.15) is 57.3 Å². The standard InChI is InChI=1S/C19H27BO5/c1-18(2)19(3,4)25-20(24-18)15-9-14(17(21)22-5)10-16(11-15)23-12-13-7-6-8-13/h9-11,13H,6-8,12H2,1-5H3. The van der Waals surface area contributed by atoms with Gasteiger partial charge >= 0.3 is 13.1 Å². The fraction of sp³-hybridized carbons (Fsp3) is 0.632.